The maximum atomic E-state index is 12.6. The summed E-state index contributed by atoms with van der Waals surface area (Å²) < 4.78 is 10.7. The fraction of sp³-hybridized carbons (Fsp3) is 0.316. The molecule has 1 unspecified atom stereocenters. The van der Waals surface area contributed by atoms with Gasteiger partial charge in [0.15, 0.2) is 5.78 Å². The highest BCUT2D eigenvalue weighted by Gasteiger charge is 2.24. The van der Waals surface area contributed by atoms with Gasteiger partial charge in [-0.3, -0.25) is 4.79 Å². The van der Waals surface area contributed by atoms with Gasteiger partial charge in [-0.1, -0.05) is 30.4 Å². The minimum atomic E-state index is -0.281. The molecule has 1 atom stereocenters. The molecule has 122 valence electrons. The van der Waals surface area contributed by atoms with E-state index in [1.54, 1.807) is 13.8 Å². The molecule has 0 fully saturated rings. The van der Waals surface area contributed by atoms with E-state index in [9.17, 15) is 9.90 Å². The molecular weight excluding hydrogens is 292 g/mol. The summed E-state index contributed by atoms with van der Waals surface area (Å²) in [4.78, 5) is 12.6. The van der Waals surface area contributed by atoms with Crippen LogP contribution < -0.4 is 9.47 Å². The molecule has 0 spiro atoms. The van der Waals surface area contributed by atoms with Crippen LogP contribution in [-0.4, -0.2) is 25.1 Å². The number of phenols is 1. The number of rotatable bonds is 5. The third kappa shape index (κ3) is 3.31. The van der Waals surface area contributed by atoms with Crippen molar-refractivity contribution in [2.24, 2.45) is 5.92 Å². The lowest BCUT2D eigenvalue weighted by Gasteiger charge is -2.18. The van der Waals surface area contributed by atoms with E-state index in [2.05, 4.69) is 6.08 Å². The number of aromatic hydroxyl groups is 1. The first-order valence-electron chi connectivity index (χ1n) is 7.51. The topological polar surface area (TPSA) is 55.8 Å². The maximum Gasteiger partial charge on any atom is 0.193 e. The van der Waals surface area contributed by atoms with Crippen LogP contribution in [0, 0.1) is 19.8 Å². The second-order valence-electron chi connectivity index (χ2n) is 5.48. The molecule has 1 aliphatic rings. The van der Waals surface area contributed by atoms with Gasteiger partial charge in [-0.2, -0.15) is 0 Å². The molecular formula is C19H22O4. The molecule has 4 heteroatoms. The quantitative estimate of drug-likeness (QED) is 0.661. The smallest absolute Gasteiger partial charge is 0.193 e. The zero-order valence-electron chi connectivity index (χ0n) is 13.9. The molecule has 1 aromatic carbocycles. The number of benzene rings is 1. The highest BCUT2D eigenvalue weighted by Crippen LogP contribution is 2.42. The van der Waals surface area contributed by atoms with Crippen molar-refractivity contribution in [2.75, 3.05) is 14.2 Å². The number of carbonyl (C=O) groups is 1. The van der Waals surface area contributed by atoms with Crippen LogP contribution in [0.3, 0.4) is 0 Å². The standard InChI is InChI=1S/C19H22O4/c1-12-17(21)16(19(23-4)13(2)18(12)22-3)15(20)11-10-14-8-6-5-7-9-14/h5-8,10-11,14,21H,9H2,1-4H3. The van der Waals surface area contributed by atoms with Crippen LogP contribution in [0.1, 0.15) is 27.9 Å². The lowest BCUT2D eigenvalue weighted by atomic mass is 9.96. The molecule has 0 aliphatic heterocycles. The Balaban J connectivity index is 2.41. The van der Waals surface area contributed by atoms with E-state index in [1.165, 1.54) is 20.3 Å². The summed E-state index contributed by atoms with van der Waals surface area (Å²) in [7, 11) is 3.00. The largest absolute Gasteiger partial charge is 0.507 e. The average molecular weight is 314 g/mol. The first-order chi connectivity index (χ1) is 11.0. The Morgan fingerprint density at radius 1 is 1.17 bits per heavy atom. The number of ketones is 1. The van der Waals surface area contributed by atoms with E-state index in [1.807, 2.05) is 24.3 Å². The molecule has 0 saturated heterocycles. The van der Waals surface area contributed by atoms with Crippen molar-refractivity contribution in [1.82, 2.24) is 0 Å². The van der Waals surface area contributed by atoms with Crippen LogP contribution in [0.25, 0.3) is 0 Å². The van der Waals surface area contributed by atoms with Crippen molar-refractivity contribution in [3.8, 4) is 17.2 Å². The van der Waals surface area contributed by atoms with Crippen LogP contribution in [0.2, 0.25) is 0 Å². The molecule has 0 amide bonds. The lowest BCUT2D eigenvalue weighted by molar-refractivity contribution is 0.104. The summed E-state index contributed by atoms with van der Waals surface area (Å²) in [5, 5.41) is 10.4. The summed E-state index contributed by atoms with van der Waals surface area (Å²) in [5.41, 5.74) is 1.40. The fourth-order valence-corrected chi connectivity index (χ4v) is 2.80. The van der Waals surface area contributed by atoms with Gasteiger partial charge in [-0.05, 0) is 32.3 Å². The molecule has 1 aromatic rings. The SMILES string of the molecule is COc1c(C)c(O)c(C(=O)C=CC2C=CC=CC2)c(OC)c1C. The Morgan fingerprint density at radius 2 is 1.87 bits per heavy atom. The van der Waals surface area contributed by atoms with Gasteiger partial charge in [0.2, 0.25) is 0 Å². The number of hydrogen-bond donors (Lipinski definition) is 1. The van der Waals surface area contributed by atoms with Crippen molar-refractivity contribution in [3.63, 3.8) is 0 Å². The van der Waals surface area contributed by atoms with Crippen molar-refractivity contribution in [1.29, 1.82) is 0 Å². The van der Waals surface area contributed by atoms with Gasteiger partial charge < -0.3 is 14.6 Å². The van der Waals surface area contributed by atoms with E-state index in [-0.39, 0.29) is 23.0 Å². The summed E-state index contributed by atoms with van der Waals surface area (Å²) in [6.07, 6.45) is 12.2. The van der Waals surface area contributed by atoms with Gasteiger partial charge in [-0.15, -0.1) is 0 Å². The van der Waals surface area contributed by atoms with E-state index in [0.717, 1.165) is 6.42 Å². The van der Waals surface area contributed by atoms with Crippen molar-refractivity contribution >= 4 is 5.78 Å². The van der Waals surface area contributed by atoms with Crippen molar-refractivity contribution < 1.29 is 19.4 Å². The lowest BCUT2D eigenvalue weighted by Crippen LogP contribution is -2.06. The molecule has 0 radical (unpaired) electrons. The Labute approximate surface area is 136 Å². The Bertz CT molecular complexity index is 696. The summed E-state index contributed by atoms with van der Waals surface area (Å²) in [6.45, 7) is 3.52. The number of carbonyl (C=O) groups excluding carboxylic acids is 1. The van der Waals surface area contributed by atoms with E-state index in [4.69, 9.17) is 9.47 Å². The third-order valence-corrected chi connectivity index (χ3v) is 4.00. The molecule has 2 rings (SSSR count). The molecule has 0 saturated carbocycles. The number of hydrogen-bond acceptors (Lipinski definition) is 4. The highest BCUT2D eigenvalue weighted by atomic mass is 16.5. The minimum Gasteiger partial charge on any atom is -0.507 e. The zero-order valence-corrected chi connectivity index (χ0v) is 13.9. The van der Waals surface area contributed by atoms with Crippen LogP contribution in [-0.2, 0) is 0 Å². The highest BCUT2D eigenvalue weighted by molar-refractivity contribution is 6.09. The van der Waals surface area contributed by atoms with Crippen LogP contribution in [0.5, 0.6) is 17.2 Å². The molecule has 1 aliphatic carbocycles. The summed E-state index contributed by atoms with van der Waals surface area (Å²) in [6, 6.07) is 0. The van der Waals surface area contributed by atoms with Gasteiger partial charge in [0.25, 0.3) is 0 Å². The fourth-order valence-electron chi connectivity index (χ4n) is 2.80. The monoisotopic (exact) mass is 314 g/mol. The van der Waals surface area contributed by atoms with Gasteiger partial charge >= 0.3 is 0 Å². The molecule has 0 bridgehead atoms. The van der Waals surface area contributed by atoms with Crippen LogP contribution in [0.15, 0.2) is 36.5 Å². The Hall–Kier alpha value is -2.49. The molecule has 0 heterocycles. The Kier molecular flexibility index (Phi) is 5.27. The minimum absolute atomic E-state index is 0.0990. The second-order valence-corrected chi connectivity index (χ2v) is 5.48. The molecule has 4 nitrogen and oxygen atoms in total. The van der Waals surface area contributed by atoms with Crippen LogP contribution >= 0.6 is 0 Å². The molecule has 23 heavy (non-hydrogen) atoms. The maximum absolute atomic E-state index is 12.6. The van der Waals surface area contributed by atoms with Crippen LogP contribution in [0.4, 0.5) is 0 Å². The molecule has 1 N–H and O–H groups in total. The number of ether oxygens (including phenoxy) is 2. The predicted octanol–water partition coefficient (Wildman–Crippen LogP) is 3.90. The number of allylic oxidation sites excluding steroid dienone is 6. The van der Waals surface area contributed by atoms with Gasteiger partial charge in [0, 0.05) is 11.1 Å². The van der Waals surface area contributed by atoms with E-state index < -0.39 is 0 Å². The number of phenolic OH excluding ortho intramolecular Hbond substituents is 1. The van der Waals surface area contributed by atoms with E-state index >= 15 is 0 Å². The summed E-state index contributed by atoms with van der Waals surface area (Å²) >= 11 is 0. The first kappa shape index (κ1) is 16.9. The normalized spacial score (nSPS) is 16.8. The third-order valence-electron chi connectivity index (χ3n) is 4.00. The average Bonchev–Trinajstić information content (AvgIpc) is 2.57. The Morgan fingerprint density at radius 3 is 2.43 bits per heavy atom. The predicted molar refractivity (Wildman–Crippen MR) is 90.5 cm³/mol. The number of methoxy groups -OCH3 is 2. The van der Waals surface area contributed by atoms with Gasteiger partial charge in [0.1, 0.15) is 22.8 Å². The van der Waals surface area contributed by atoms with Crippen molar-refractivity contribution in [2.45, 2.75) is 20.3 Å². The van der Waals surface area contributed by atoms with E-state index in [0.29, 0.717) is 22.6 Å². The van der Waals surface area contributed by atoms with Gasteiger partial charge in [-0.25, -0.2) is 0 Å². The molecule has 0 aromatic heterocycles. The van der Waals surface area contributed by atoms with Gasteiger partial charge in [0.05, 0.1) is 14.2 Å². The second kappa shape index (κ2) is 7.18. The zero-order chi connectivity index (χ0) is 17.0. The first-order valence-corrected chi connectivity index (χ1v) is 7.51. The summed E-state index contributed by atoms with van der Waals surface area (Å²) in [5.74, 6) is 0.686. The van der Waals surface area contributed by atoms with Crippen molar-refractivity contribution in [3.05, 3.63) is 53.1 Å².